The van der Waals surface area contributed by atoms with Crippen LogP contribution in [-0.4, -0.2) is 26.0 Å². The molecular formula is C20H20N2O4. The second kappa shape index (κ2) is 6.92. The van der Waals surface area contributed by atoms with E-state index in [-0.39, 0.29) is 17.6 Å². The van der Waals surface area contributed by atoms with Crippen LogP contribution in [-0.2, 0) is 0 Å². The van der Waals surface area contributed by atoms with Gasteiger partial charge < -0.3 is 19.8 Å². The number of ether oxygens (including phenoxy) is 1. The molecule has 0 bridgehead atoms. The molecule has 0 aliphatic carbocycles. The number of carbonyl (C=O) groups excluding carboxylic acids is 2. The fourth-order valence-electron chi connectivity index (χ4n) is 2.93. The molecule has 1 aromatic heterocycles. The van der Waals surface area contributed by atoms with Gasteiger partial charge in [0.25, 0.3) is 11.8 Å². The summed E-state index contributed by atoms with van der Waals surface area (Å²) < 4.78 is 11.1. The summed E-state index contributed by atoms with van der Waals surface area (Å²) >= 11 is 0. The number of hydrogen-bond donors (Lipinski definition) is 2. The smallest absolute Gasteiger partial charge is 0.291 e. The summed E-state index contributed by atoms with van der Waals surface area (Å²) in [4.78, 5) is 24.7. The van der Waals surface area contributed by atoms with Crippen molar-refractivity contribution in [2.45, 2.75) is 13.8 Å². The molecule has 2 aromatic carbocycles. The van der Waals surface area contributed by atoms with Crippen molar-refractivity contribution in [2.75, 3.05) is 19.5 Å². The molecule has 134 valence electrons. The molecular weight excluding hydrogens is 332 g/mol. The van der Waals surface area contributed by atoms with E-state index in [0.717, 1.165) is 10.9 Å². The second-order valence-electron chi connectivity index (χ2n) is 5.90. The zero-order valence-electron chi connectivity index (χ0n) is 15.1. The third-order valence-electron chi connectivity index (χ3n) is 4.41. The van der Waals surface area contributed by atoms with Crippen LogP contribution in [0.4, 0.5) is 5.69 Å². The van der Waals surface area contributed by atoms with Crippen LogP contribution in [0.25, 0.3) is 11.0 Å². The van der Waals surface area contributed by atoms with Gasteiger partial charge in [0.05, 0.1) is 7.11 Å². The molecule has 0 spiro atoms. The molecule has 0 saturated heterocycles. The van der Waals surface area contributed by atoms with Crippen LogP contribution in [0, 0.1) is 13.8 Å². The topological polar surface area (TPSA) is 80.6 Å². The standard InChI is InChI=1S/C20H20N2O4/c1-11-14(19(23)21-3)8-5-9-15(11)22-20(24)17-12(2)13-7-6-10-16(25-4)18(13)26-17/h5-10H,1-4H3,(H,21,23)(H,22,24). The van der Waals surface area contributed by atoms with Crippen LogP contribution in [0.1, 0.15) is 32.0 Å². The zero-order chi connectivity index (χ0) is 18.8. The van der Waals surface area contributed by atoms with Crippen LogP contribution < -0.4 is 15.4 Å². The molecule has 1 heterocycles. The molecule has 0 saturated carbocycles. The molecule has 0 radical (unpaired) electrons. The first kappa shape index (κ1) is 17.5. The molecule has 26 heavy (non-hydrogen) atoms. The Balaban J connectivity index is 1.98. The lowest BCUT2D eigenvalue weighted by molar-refractivity contribution is 0.0959. The number of furan rings is 1. The van der Waals surface area contributed by atoms with E-state index >= 15 is 0 Å². The maximum absolute atomic E-state index is 12.8. The second-order valence-corrected chi connectivity index (χ2v) is 5.90. The van der Waals surface area contributed by atoms with E-state index < -0.39 is 0 Å². The van der Waals surface area contributed by atoms with Crippen LogP contribution in [0.3, 0.4) is 0 Å². The lowest BCUT2D eigenvalue weighted by Gasteiger charge is -2.11. The Morgan fingerprint density at radius 2 is 1.73 bits per heavy atom. The van der Waals surface area contributed by atoms with Crippen molar-refractivity contribution in [3.8, 4) is 5.75 Å². The van der Waals surface area contributed by atoms with Gasteiger partial charge in [0.15, 0.2) is 17.1 Å². The van der Waals surface area contributed by atoms with Gasteiger partial charge in [-0.1, -0.05) is 18.2 Å². The van der Waals surface area contributed by atoms with Gasteiger partial charge in [0.1, 0.15) is 0 Å². The number of aryl methyl sites for hydroxylation is 1. The monoisotopic (exact) mass is 352 g/mol. The Hall–Kier alpha value is -3.28. The summed E-state index contributed by atoms with van der Waals surface area (Å²) in [5, 5.41) is 6.25. The van der Waals surface area contributed by atoms with Crippen molar-refractivity contribution >= 4 is 28.5 Å². The lowest BCUT2D eigenvalue weighted by Crippen LogP contribution is -2.20. The molecule has 2 amide bonds. The molecule has 0 fully saturated rings. The van der Waals surface area contributed by atoms with E-state index in [1.54, 1.807) is 45.3 Å². The first-order valence-electron chi connectivity index (χ1n) is 8.17. The highest BCUT2D eigenvalue weighted by molar-refractivity contribution is 6.08. The number of hydrogen-bond acceptors (Lipinski definition) is 4. The van der Waals surface area contributed by atoms with Gasteiger partial charge in [-0.25, -0.2) is 0 Å². The number of nitrogens with one attached hydrogen (secondary N) is 2. The Labute approximate surface area is 151 Å². The van der Waals surface area contributed by atoms with Crippen LogP contribution in [0.15, 0.2) is 40.8 Å². The van der Waals surface area contributed by atoms with Gasteiger partial charge in [-0.15, -0.1) is 0 Å². The van der Waals surface area contributed by atoms with Gasteiger partial charge in [0, 0.05) is 29.2 Å². The number of carbonyl (C=O) groups is 2. The average molecular weight is 352 g/mol. The number of rotatable bonds is 4. The highest BCUT2D eigenvalue weighted by atomic mass is 16.5. The third kappa shape index (κ3) is 2.90. The maximum Gasteiger partial charge on any atom is 0.291 e. The van der Waals surface area contributed by atoms with E-state index in [2.05, 4.69) is 10.6 Å². The normalized spacial score (nSPS) is 10.6. The first-order chi connectivity index (χ1) is 12.5. The highest BCUT2D eigenvalue weighted by Gasteiger charge is 2.21. The van der Waals surface area contributed by atoms with Gasteiger partial charge in [-0.2, -0.15) is 0 Å². The van der Waals surface area contributed by atoms with Crippen molar-refractivity contribution in [3.05, 3.63) is 58.8 Å². The van der Waals surface area contributed by atoms with E-state index in [0.29, 0.717) is 28.1 Å². The number of para-hydroxylation sites is 1. The lowest BCUT2D eigenvalue weighted by atomic mass is 10.1. The van der Waals surface area contributed by atoms with Crippen molar-refractivity contribution in [1.29, 1.82) is 0 Å². The Kier molecular flexibility index (Phi) is 4.67. The van der Waals surface area contributed by atoms with Crippen molar-refractivity contribution in [1.82, 2.24) is 5.32 Å². The summed E-state index contributed by atoms with van der Waals surface area (Å²) in [6.07, 6.45) is 0. The number of benzene rings is 2. The van der Waals surface area contributed by atoms with E-state index in [4.69, 9.17) is 9.15 Å². The predicted octanol–water partition coefficient (Wildman–Crippen LogP) is 3.67. The molecule has 6 nitrogen and oxygen atoms in total. The highest BCUT2D eigenvalue weighted by Crippen LogP contribution is 2.32. The maximum atomic E-state index is 12.8. The fraction of sp³-hybridized carbons (Fsp3) is 0.200. The van der Waals surface area contributed by atoms with Crippen LogP contribution in [0.2, 0.25) is 0 Å². The van der Waals surface area contributed by atoms with Crippen molar-refractivity contribution < 1.29 is 18.7 Å². The van der Waals surface area contributed by atoms with E-state index in [1.165, 1.54) is 0 Å². The summed E-state index contributed by atoms with van der Waals surface area (Å²) in [6.45, 7) is 3.61. The molecule has 3 rings (SSSR count). The number of fused-ring (bicyclic) bond motifs is 1. The Morgan fingerprint density at radius 3 is 2.42 bits per heavy atom. The minimum Gasteiger partial charge on any atom is -0.493 e. The summed E-state index contributed by atoms with van der Waals surface area (Å²) in [7, 11) is 3.12. The largest absolute Gasteiger partial charge is 0.493 e. The minimum atomic E-state index is -0.377. The number of anilines is 1. The van der Waals surface area contributed by atoms with E-state index in [9.17, 15) is 9.59 Å². The Bertz CT molecular complexity index is 1000. The number of amides is 2. The molecule has 3 aromatic rings. The van der Waals surface area contributed by atoms with Gasteiger partial charge in [-0.3, -0.25) is 9.59 Å². The average Bonchev–Trinajstić information content (AvgIpc) is 3.00. The van der Waals surface area contributed by atoms with Gasteiger partial charge >= 0.3 is 0 Å². The molecule has 0 aliphatic rings. The quantitative estimate of drug-likeness (QED) is 0.751. The fourth-order valence-corrected chi connectivity index (χ4v) is 2.93. The minimum absolute atomic E-state index is 0.205. The van der Waals surface area contributed by atoms with E-state index in [1.807, 2.05) is 19.1 Å². The van der Waals surface area contributed by atoms with Crippen LogP contribution >= 0.6 is 0 Å². The summed E-state index contributed by atoms with van der Waals surface area (Å²) in [5.74, 6) is 0.206. The molecule has 6 heteroatoms. The summed E-state index contributed by atoms with van der Waals surface area (Å²) in [5.41, 5.74) is 3.02. The number of methoxy groups -OCH3 is 1. The Morgan fingerprint density at radius 1 is 1.00 bits per heavy atom. The van der Waals surface area contributed by atoms with Gasteiger partial charge in [0.2, 0.25) is 0 Å². The third-order valence-corrected chi connectivity index (χ3v) is 4.41. The van der Waals surface area contributed by atoms with Crippen molar-refractivity contribution in [3.63, 3.8) is 0 Å². The molecule has 0 unspecified atom stereocenters. The SMILES string of the molecule is CNC(=O)c1cccc(NC(=O)c2oc3c(OC)cccc3c2C)c1C. The molecule has 0 aliphatic heterocycles. The summed E-state index contributed by atoms with van der Waals surface area (Å²) in [6, 6.07) is 10.7. The predicted molar refractivity (Wildman–Crippen MR) is 100 cm³/mol. The van der Waals surface area contributed by atoms with Crippen LogP contribution in [0.5, 0.6) is 5.75 Å². The van der Waals surface area contributed by atoms with Crippen molar-refractivity contribution in [2.24, 2.45) is 0 Å². The first-order valence-corrected chi connectivity index (χ1v) is 8.17. The molecule has 2 N–H and O–H groups in total. The molecule has 0 atom stereocenters. The zero-order valence-corrected chi connectivity index (χ0v) is 15.1. The van der Waals surface area contributed by atoms with Gasteiger partial charge in [-0.05, 0) is 37.6 Å².